The summed E-state index contributed by atoms with van der Waals surface area (Å²) in [5.74, 6) is 0.927. The second kappa shape index (κ2) is 8.40. The van der Waals surface area contributed by atoms with Crippen LogP contribution < -0.4 is 10.2 Å². The molecule has 0 radical (unpaired) electrons. The second-order valence-corrected chi connectivity index (χ2v) is 10.4. The summed E-state index contributed by atoms with van der Waals surface area (Å²) in [6.07, 6.45) is 8.06. The van der Waals surface area contributed by atoms with E-state index in [9.17, 15) is 0 Å². The van der Waals surface area contributed by atoms with Crippen LogP contribution in [-0.4, -0.2) is 85.2 Å². The van der Waals surface area contributed by atoms with E-state index in [1.165, 1.54) is 74.2 Å². The largest absolute Gasteiger partial charge is 0.341 e. The Morgan fingerprint density at radius 2 is 1.72 bits per heavy atom. The fourth-order valence-electron chi connectivity index (χ4n) is 6.49. The first-order chi connectivity index (χ1) is 15.7. The van der Waals surface area contributed by atoms with Crippen LogP contribution in [0, 0.1) is 0 Å². The minimum atomic E-state index is 0.251. The predicted molar refractivity (Wildman–Crippen MR) is 129 cm³/mol. The van der Waals surface area contributed by atoms with Gasteiger partial charge in [-0.15, -0.1) is 0 Å². The Morgan fingerprint density at radius 1 is 0.969 bits per heavy atom. The molecule has 1 spiro atoms. The van der Waals surface area contributed by atoms with Crippen molar-refractivity contribution >= 4 is 5.95 Å². The van der Waals surface area contributed by atoms with Crippen molar-refractivity contribution in [3.8, 4) is 11.3 Å². The van der Waals surface area contributed by atoms with Gasteiger partial charge in [-0.1, -0.05) is 24.3 Å². The normalized spacial score (nSPS) is 24.3. The molecule has 6 heteroatoms. The maximum Gasteiger partial charge on any atom is 0.225 e. The Morgan fingerprint density at radius 3 is 2.50 bits per heavy atom. The van der Waals surface area contributed by atoms with Crippen molar-refractivity contribution in [3.63, 3.8) is 0 Å². The van der Waals surface area contributed by atoms with Crippen LogP contribution >= 0.6 is 0 Å². The summed E-state index contributed by atoms with van der Waals surface area (Å²) >= 11 is 0. The van der Waals surface area contributed by atoms with Gasteiger partial charge in [-0.25, -0.2) is 9.97 Å². The molecular formula is C26H36N6. The van der Waals surface area contributed by atoms with E-state index >= 15 is 0 Å². The zero-order valence-corrected chi connectivity index (χ0v) is 19.4. The third-order valence-corrected chi connectivity index (χ3v) is 8.50. The van der Waals surface area contributed by atoms with E-state index in [0.29, 0.717) is 0 Å². The average molecular weight is 433 g/mol. The fraction of sp³-hybridized carbons (Fsp3) is 0.615. The highest BCUT2D eigenvalue weighted by Gasteiger charge is 2.40. The van der Waals surface area contributed by atoms with E-state index in [0.717, 1.165) is 44.6 Å². The number of hydrogen-bond donors (Lipinski definition) is 1. The molecule has 0 unspecified atom stereocenters. The molecule has 2 aromatic rings. The zero-order chi connectivity index (χ0) is 21.5. The maximum absolute atomic E-state index is 5.18. The lowest BCUT2D eigenvalue weighted by atomic mass is 9.64. The van der Waals surface area contributed by atoms with Gasteiger partial charge in [0.15, 0.2) is 0 Å². The Labute approximate surface area is 192 Å². The summed E-state index contributed by atoms with van der Waals surface area (Å²) in [7, 11) is 2.23. The van der Waals surface area contributed by atoms with Gasteiger partial charge in [-0.05, 0) is 63.4 Å². The van der Waals surface area contributed by atoms with Crippen LogP contribution in [0.15, 0.2) is 30.5 Å². The first-order valence-corrected chi connectivity index (χ1v) is 12.6. The monoisotopic (exact) mass is 432 g/mol. The van der Waals surface area contributed by atoms with Crippen LogP contribution in [0.5, 0.6) is 0 Å². The lowest BCUT2D eigenvalue weighted by Crippen LogP contribution is -2.52. The van der Waals surface area contributed by atoms with Gasteiger partial charge in [-0.2, -0.15) is 0 Å². The number of hydrogen-bond acceptors (Lipinski definition) is 6. The van der Waals surface area contributed by atoms with E-state index in [1.54, 1.807) is 0 Å². The molecule has 1 aliphatic carbocycles. The molecule has 3 saturated heterocycles. The summed E-state index contributed by atoms with van der Waals surface area (Å²) in [6.45, 7) is 9.15. The summed E-state index contributed by atoms with van der Waals surface area (Å²) in [5.41, 5.74) is 5.61. The number of rotatable bonds is 2. The number of anilines is 1. The van der Waals surface area contributed by atoms with Crippen molar-refractivity contribution in [1.82, 2.24) is 25.1 Å². The maximum atomic E-state index is 5.18. The lowest BCUT2D eigenvalue weighted by molar-refractivity contribution is 0.0980. The van der Waals surface area contributed by atoms with Crippen molar-refractivity contribution in [2.24, 2.45) is 0 Å². The molecule has 3 aliphatic heterocycles. The van der Waals surface area contributed by atoms with Crippen LogP contribution in [-0.2, 0) is 11.8 Å². The van der Waals surface area contributed by atoms with Crippen molar-refractivity contribution in [1.29, 1.82) is 0 Å². The minimum absolute atomic E-state index is 0.251. The third kappa shape index (κ3) is 3.62. The molecule has 0 saturated carbocycles. The second-order valence-electron chi connectivity index (χ2n) is 10.4. The molecule has 170 valence electrons. The molecule has 4 heterocycles. The Kier molecular flexibility index (Phi) is 5.40. The SMILES string of the molecule is CN1CCN(C2CCN(c3ncc4c(n3)-c3ccccc3C3(CCNCC3)C4)CC2)CC1. The summed E-state index contributed by atoms with van der Waals surface area (Å²) in [6, 6.07) is 9.74. The summed E-state index contributed by atoms with van der Waals surface area (Å²) < 4.78 is 0. The third-order valence-electron chi connectivity index (χ3n) is 8.50. The Bertz CT molecular complexity index is 953. The predicted octanol–water partition coefficient (Wildman–Crippen LogP) is 2.54. The number of nitrogens with zero attached hydrogens (tertiary/aromatic N) is 5. The molecule has 1 aromatic heterocycles. The van der Waals surface area contributed by atoms with Gasteiger partial charge < -0.3 is 15.1 Å². The van der Waals surface area contributed by atoms with E-state index in [2.05, 4.69) is 57.5 Å². The topological polar surface area (TPSA) is 47.5 Å². The molecule has 3 fully saturated rings. The first-order valence-electron chi connectivity index (χ1n) is 12.6. The number of benzene rings is 1. The molecule has 4 aliphatic rings. The average Bonchev–Trinajstić information content (AvgIpc) is 2.85. The van der Waals surface area contributed by atoms with Crippen LogP contribution in [0.3, 0.4) is 0 Å². The van der Waals surface area contributed by atoms with Crippen molar-refractivity contribution in [3.05, 3.63) is 41.6 Å². The van der Waals surface area contributed by atoms with Gasteiger partial charge in [0.1, 0.15) is 0 Å². The highest BCUT2D eigenvalue weighted by molar-refractivity contribution is 5.72. The number of nitrogens with one attached hydrogen (secondary N) is 1. The smallest absolute Gasteiger partial charge is 0.225 e. The molecule has 0 bridgehead atoms. The fourth-order valence-corrected chi connectivity index (χ4v) is 6.49. The van der Waals surface area contributed by atoms with Gasteiger partial charge in [0.25, 0.3) is 0 Å². The molecule has 32 heavy (non-hydrogen) atoms. The molecule has 0 atom stereocenters. The summed E-state index contributed by atoms with van der Waals surface area (Å²) in [5, 5.41) is 3.55. The molecule has 1 aromatic carbocycles. The van der Waals surface area contributed by atoms with Crippen LogP contribution in [0.2, 0.25) is 0 Å². The Balaban J connectivity index is 1.22. The highest BCUT2D eigenvalue weighted by Crippen LogP contribution is 2.47. The summed E-state index contributed by atoms with van der Waals surface area (Å²) in [4.78, 5) is 17.6. The van der Waals surface area contributed by atoms with Crippen LogP contribution in [0.4, 0.5) is 5.95 Å². The van der Waals surface area contributed by atoms with Crippen molar-refractivity contribution < 1.29 is 0 Å². The van der Waals surface area contributed by atoms with Gasteiger partial charge in [-0.3, -0.25) is 4.90 Å². The van der Waals surface area contributed by atoms with E-state index in [1.807, 2.05) is 0 Å². The van der Waals surface area contributed by atoms with Gasteiger partial charge in [0.05, 0.1) is 5.69 Å². The first kappa shape index (κ1) is 20.6. The molecule has 6 nitrogen and oxygen atoms in total. The zero-order valence-electron chi connectivity index (χ0n) is 19.4. The number of fused-ring (bicyclic) bond motifs is 4. The van der Waals surface area contributed by atoms with Crippen LogP contribution in [0.25, 0.3) is 11.3 Å². The van der Waals surface area contributed by atoms with E-state index < -0.39 is 0 Å². The van der Waals surface area contributed by atoms with Gasteiger partial charge in [0, 0.05) is 62.5 Å². The number of piperazine rings is 1. The number of aromatic nitrogens is 2. The van der Waals surface area contributed by atoms with Crippen molar-refractivity contribution in [2.75, 3.05) is 64.3 Å². The van der Waals surface area contributed by atoms with Gasteiger partial charge in [0.2, 0.25) is 5.95 Å². The molecular weight excluding hydrogens is 396 g/mol. The highest BCUT2D eigenvalue weighted by atomic mass is 15.3. The lowest BCUT2D eigenvalue weighted by Gasteiger charge is -2.43. The molecule has 0 amide bonds. The molecule has 6 rings (SSSR count). The van der Waals surface area contributed by atoms with Crippen molar-refractivity contribution in [2.45, 2.75) is 43.6 Å². The van der Waals surface area contributed by atoms with Crippen LogP contribution in [0.1, 0.15) is 36.8 Å². The van der Waals surface area contributed by atoms with E-state index in [4.69, 9.17) is 9.97 Å². The van der Waals surface area contributed by atoms with E-state index in [-0.39, 0.29) is 5.41 Å². The number of piperidine rings is 2. The number of likely N-dealkylation sites (N-methyl/N-ethyl adjacent to an activating group) is 1. The molecule has 1 N–H and O–H groups in total. The quantitative estimate of drug-likeness (QED) is 0.787. The van der Waals surface area contributed by atoms with Gasteiger partial charge >= 0.3 is 0 Å². The Hall–Kier alpha value is -2.02. The minimum Gasteiger partial charge on any atom is -0.341 e. The standard InChI is InChI=1S/C26H36N6/c1-30-14-16-31(17-15-30)21-6-12-32(13-7-21)25-28-19-20-18-26(8-10-27-11-9-26)23-5-3-2-4-22(23)24(20)29-25/h2-5,19,21,27H,6-18H2,1H3.